The molecule has 0 bridgehead atoms. The van der Waals surface area contributed by atoms with Gasteiger partial charge in [-0.1, -0.05) is 54.1 Å². The molecule has 3 aromatic rings. The summed E-state index contributed by atoms with van der Waals surface area (Å²) in [5.41, 5.74) is 5.29. The first-order chi connectivity index (χ1) is 13.6. The Kier molecular flexibility index (Phi) is 6.54. The van der Waals surface area contributed by atoms with Crippen molar-refractivity contribution in [3.8, 4) is 0 Å². The summed E-state index contributed by atoms with van der Waals surface area (Å²) in [5, 5.41) is 7.38. The molecule has 28 heavy (non-hydrogen) atoms. The highest BCUT2D eigenvalue weighted by atomic mass is 35.5. The van der Waals surface area contributed by atoms with Crippen molar-refractivity contribution in [2.24, 2.45) is 5.10 Å². The highest BCUT2D eigenvalue weighted by molar-refractivity contribution is 6.30. The number of nitrogens with one attached hydrogen (secondary N) is 2. The van der Waals surface area contributed by atoms with Crippen LogP contribution >= 0.6 is 11.6 Å². The van der Waals surface area contributed by atoms with Gasteiger partial charge in [-0.15, -0.1) is 0 Å². The molecule has 140 valence electrons. The molecule has 0 unspecified atom stereocenters. The molecule has 5 nitrogen and oxygen atoms in total. The van der Waals surface area contributed by atoms with E-state index in [2.05, 4.69) is 15.8 Å². The van der Waals surface area contributed by atoms with Gasteiger partial charge >= 0.3 is 0 Å². The maximum absolute atomic E-state index is 12.1. The van der Waals surface area contributed by atoms with E-state index in [1.165, 1.54) is 6.21 Å². The summed E-state index contributed by atoms with van der Waals surface area (Å²) >= 11 is 5.82. The van der Waals surface area contributed by atoms with Crippen LogP contribution in [0.15, 0.2) is 84.0 Å². The number of anilines is 1. The van der Waals surface area contributed by atoms with Crippen LogP contribution in [-0.2, 0) is 11.2 Å². The van der Waals surface area contributed by atoms with Crippen molar-refractivity contribution in [3.05, 3.63) is 101 Å². The van der Waals surface area contributed by atoms with Crippen LogP contribution in [-0.4, -0.2) is 18.0 Å². The van der Waals surface area contributed by atoms with E-state index in [1.54, 1.807) is 48.5 Å². The molecule has 0 aliphatic heterocycles. The maximum Gasteiger partial charge on any atom is 0.271 e. The zero-order chi connectivity index (χ0) is 19.8. The second kappa shape index (κ2) is 9.48. The fourth-order valence-electron chi connectivity index (χ4n) is 2.47. The Balaban J connectivity index is 1.52. The van der Waals surface area contributed by atoms with E-state index in [1.807, 2.05) is 30.3 Å². The van der Waals surface area contributed by atoms with E-state index in [9.17, 15) is 9.59 Å². The molecule has 3 rings (SSSR count). The fourth-order valence-corrected chi connectivity index (χ4v) is 2.60. The van der Waals surface area contributed by atoms with Gasteiger partial charge in [-0.3, -0.25) is 9.59 Å². The molecule has 0 heterocycles. The van der Waals surface area contributed by atoms with Crippen molar-refractivity contribution in [1.82, 2.24) is 5.43 Å². The molecule has 0 saturated heterocycles. The van der Waals surface area contributed by atoms with Crippen LogP contribution < -0.4 is 10.7 Å². The van der Waals surface area contributed by atoms with Crippen LogP contribution in [0.3, 0.4) is 0 Å². The lowest BCUT2D eigenvalue weighted by atomic mass is 10.1. The van der Waals surface area contributed by atoms with Gasteiger partial charge in [0.2, 0.25) is 5.91 Å². The molecular formula is C22H18ClN3O2. The molecule has 2 amide bonds. The second-order valence-corrected chi connectivity index (χ2v) is 6.48. The molecule has 0 aromatic heterocycles. The van der Waals surface area contributed by atoms with Gasteiger partial charge in [0.25, 0.3) is 5.91 Å². The van der Waals surface area contributed by atoms with Gasteiger partial charge < -0.3 is 5.32 Å². The largest absolute Gasteiger partial charge is 0.326 e. The summed E-state index contributed by atoms with van der Waals surface area (Å²) in [5.74, 6) is -0.455. The molecule has 6 heteroatoms. The van der Waals surface area contributed by atoms with E-state index < -0.39 is 0 Å². The number of halogens is 1. The van der Waals surface area contributed by atoms with Crippen LogP contribution in [0.5, 0.6) is 0 Å². The van der Waals surface area contributed by atoms with Crippen molar-refractivity contribution in [1.29, 1.82) is 0 Å². The lowest BCUT2D eigenvalue weighted by Gasteiger charge is -2.06. The van der Waals surface area contributed by atoms with Gasteiger partial charge in [0, 0.05) is 16.3 Å². The number of nitrogens with zero attached hydrogens (tertiary/aromatic N) is 1. The predicted octanol–water partition coefficient (Wildman–Crippen LogP) is 4.29. The maximum atomic E-state index is 12.1. The zero-order valence-electron chi connectivity index (χ0n) is 14.9. The normalized spacial score (nSPS) is 10.6. The van der Waals surface area contributed by atoms with Gasteiger partial charge in [0.15, 0.2) is 0 Å². The number of carbonyl (C=O) groups excluding carboxylic acids is 2. The fraction of sp³-hybridized carbons (Fsp3) is 0.0455. The number of carbonyl (C=O) groups is 2. The van der Waals surface area contributed by atoms with E-state index >= 15 is 0 Å². The number of rotatable bonds is 6. The smallest absolute Gasteiger partial charge is 0.271 e. The Morgan fingerprint density at radius 3 is 2.25 bits per heavy atom. The molecule has 0 radical (unpaired) electrons. The molecule has 2 N–H and O–H groups in total. The molecule has 3 aromatic carbocycles. The average molecular weight is 392 g/mol. The first-order valence-electron chi connectivity index (χ1n) is 8.63. The quantitative estimate of drug-likeness (QED) is 0.486. The van der Waals surface area contributed by atoms with Crippen molar-refractivity contribution in [2.45, 2.75) is 6.42 Å². The van der Waals surface area contributed by atoms with E-state index in [0.29, 0.717) is 22.7 Å². The standard InChI is InChI=1S/C22H18ClN3O2/c23-19-10-6-17(7-11-19)15-24-26-22(28)18-8-12-20(13-9-18)25-21(27)14-16-4-2-1-3-5-16/h1-13,15H,14H2,(H,25,27)(H,26,28)/b24-15-. The molecule has 0 spiro atoms. The minimum absolute atomic E-state index is 0.115. The van der Waals surface area contributed by atoms with Gasteiger partial charge in [0.05, 0.1) is 12.6 Å². The summed E-state index contributed by atoms with van der Waals surface area (Å²) in [6, 6.07) is 23.2. The number of hydrogen-bond donors (Lipinski definition) is 2. The van der Waals surface area contributed by atoms with Crippen molar-refractivity contribution < 1.29 is 9.59 Å². The topological polar surface area (TPSA) is 70.6 Å². The summed E-state index contributed by atoms with van der Waals surface area (Å²) in [6.07, 6.45) is 1.83. The molecule has 0 atom stereocenters. The third-order valence-electron chi connectivity index (χ3n) is 3.89. The first-order valence-corrected chi connectivity index (χ1v) is 9.01. The van der Waals surface area contributed by atoms with Crippen molar-refractivity contribution in [3.63, 3.8) is 0 Å². The zero-order valence-corrected chi connectivity index (χ0v) is 15.7. The third-order valence-corrected chi connectivity index (χ3v) is 4.14. The number of amides is 2. The Labute approximate surface area is 168 Å². The van der Waals surface area contributed by atoms with Gasteiger partial charge in [0.1, 0.15) is 0 Å². The van der Waals surface area contributed by atoms with Crippen LogP contribution in [0.25, 0.3) is 0 Å². The van der Waals surface area contributed by atoms with Crippen LogP contribution in [0.4, 0.5) is 5.69 Å². The van der Waals surface area contributed by atoms with Crippen LogP contribution in [0, 0.1) is 0 Å². The summed E-state index contributed by atoms with van der Waals surface area (Å²) in [4.78, 5) is 24.2. The number of hydrogen-bond acceptors (Lipinski definition) is 3. The lowest BCUT2D eigenvalue weighted by Crippen LogP contribution is -2.18. The van der Waals surface area contributed by atoms with E-state index in [4.69, 9.17) is 11.6 Å². The molecule has 0 saturated carbocycles. The summed E-state index contributed by atoms with van der Waals surface area (Å²) in [7, 11) is 0. The Hall–Kier alpha value is -3.44. The lowest BCUT2D eigenvalue weighted by molar-refractivity contribution is -0.115. The Bertz CT molecular complexity index is 969. The molecular weight excluding hydrogens is 374 g/mol. The van der Waals surface area contributed by atoms with Crippen LogP contribution in [0.1, 0.15) is 21.5 Å². The predicted molar refractivity (Wildman–Crippen MR) is 112 cm³/mol. The number of hydrazone groups is 1. The Morgan fingerprint density at radius 2 is 1.57 bits per heavy atom. The minimum atomic E-state index is -0.340. The molecule has 0 fully saturated rings. The highest BCUT2D eigenvalue weighted by Gasteiger charge is 2.07. The first kappa shape index (κ1) is 19.3. The SMILES string of the molecule is O=C(Cc1ccccc1)Nc1ccc(C(=O)N/N=C\c2ccc(Cl)cc2)cc1. The third kappa shape index (κ3) is 5.79. The summed E-state index contributed by atoms with van der Waals surface area (Å²) in [6.45, 7) is 0. The summed E-state index contributed by atoms with van der Waals surface area (Å²) < 4.78 is 0. The molecule has 0 aliphatic rings. The minimum Gasteiger partial charge on any atom is -0.326 e. The highest BCUT2D eigenvalue weighted by Crippen LogP contribution is 2.11. The van der Waals surface area contributed by atoms with Crippen molar-refractivity contribution >= 4 is 35.3 Å². The van der Waals surface area contributed by atoms with Crippen LogP contribution in [0.2, 0.25) is 5.02 Å². The van der Waals surface area contributed by atoms with Gasteiger partial charge in [-0.25, -0.2) is 5.43 Å². The van der Waals surface area contributed by atoms with E-state index in [-0.39, 0.29) is 11.8 Å². The number of benzene rings is 3. The second-order valence-electron chi connectivity index (χ2n) is 6.04. The van der Waals surface area contributed by atoms with Gasteiger partial charge in [-0.05, 0) is 47.5 Å². The Morgan fingerprint density at radius 1 is 0.893 bits per heavy atom. The van der Waals surface area contributed by atoms with Crippen molar-refractivity contribution in [2.75, 3.05) is 5.32 Å². The van der Waals surface area contributed by atoms with E-state index in [0.717, 1.165) is 11.1 Å². The monoisotopic (exact) mass is 391 g/mol. The van der Waals surface area contributed by atoms with Gasteiger partial charge in [-0.2, -0.15) is 5.10 Å². The molecule has 0 aliphatic carbocycles. The average Bonchev–Trinajstić information content (AvgIpc) is 2.70.